The van der Waals surface area contributed by atoms with Gasteiger partial charge in [0.05, 0.1) is 20.1 Å². The Morgan fingerprint density at radius 2 is 1.75 bits per heavy atom. The van der Waals surface area contributed by atoms with Gasteiger partial charge in [-0.3, -0.25) is 14.9 Å². The number of methoxy groups -OCH3 is 2. The molecule has 0 saturated carbocycles. The van der Waals surface area contributed by atoms with Gasteiger partial charge in [-0.25, -0.2) is 0 Å². The molecule has 0 radical (unpaired) electrons. The van der Waals surface area contributed by atoms with Gasteiger partial charge in [0.15, 0.2) is 0 Å². The minimum atomic E-state index is -0.488. The molecule has 1 heterocycles. The van der Waals surface area contributed by atoms with E-state index in [1.54, 1.807) is 0 Å². The number of ether oxygens (including phenoxy) is 2. The normalized spacial score (nSPS) is 25.2. The van der Waals surface area contributed by atoms with Gasteiger partial charge in [-0.15, -0.1) is 0 Å². The SMILES string of the molecule is COC(=O)[C@@H]1C[C@H](C(=O)OC)[C@H](c2ccc(Br)cc2)N1. The maximum absolute atomic E-state index is 11.9. The first-order valence-corrected chi connectivity index (χ1v) is 7.03. The Balaban J connectivity index is 2.25. The minimum Gasteiger partial charge on any atom is -0.469 e. The lowest BCUT2D eigenvalue weighted by Gasteiger charge is -2.18. The summed E-state index contributed by atoms with van der Waals surface area (Å²) in [6, 6.07) is 6.89. The third-order valence-electron chi connectivity index (χ3n) is 3.49. The van der Waals surface area contributed by atoms with Gasteiger partial charge in [0.25, 0.3) is 0 Å². The van der Waals surface area contributed by atoms with Crippen molar-refractivity contribution in [1.29, 1.82) is 0 Å². The van der Waals surface area contributed by atoms with Crippen LogP contribution in [0.15, 0.2) is 28.7 Å². The number of hydrogen-bond acceptors (Lipinski definition) is 5. The van der Waals surface area contributed by atoms with E-state index < -0.39 is 12.0 Å². The molecule has 20 heavy (non-hydrogen) atoms. The highest BCUT2D eigenvalue weighted by molar-refractivity contribution is 9.10. The molecule has 1 N–H and O–H groups in total. The first-order valence-electron chi connectivity index (χ1n) is 6.24. The summed E-state index contributed by atoms with van der Waals surface area (Å²) in [5, 5.41) is 3.15. The molecule has 1 saturated heterocycles. The van der Waals surface area contributed by atoms with Crippen molar-refractivity contribution < 1.29 is 19.1 Å². The lowest BCUT2D eigenvalue weighted by Crippen LogP contribution is -2.33. The molecule has 0 aromatic heterocycles. The van der Waals surface area contributed by atoms with Crippen molar-refractivity contribution in [2.75, 3.05) is 14.2 Å². The number of carbonyl (C=O) groups excluding carboxylic acids is 2. The predicted molar refractivity (Wildman–Crippen MR) is 75.9 cm³/mol. The second kappa shape index (κ2) is 6.37. The monoisotopic (exact) mass is 341 g/mol. The molecule has 1 aromatic carbocycles. The Bertz CT molecular complexity index is 502. The van der Waals surface area contributed by atoms with Gasteiger partial charge in [-0.05, 0) is 24.1 Å². The molecule has 1 aromatic rings. The maximum Gasteiger partial charge on any atom is 0.322 e. The van der Waals surface area contributed by atoms with E-state index in [1.807, 2.05) is 24.3 Å². The summed E-state index contributed by atoms with van der Waals surface area (Å²) in [6.45, 7) is 0. The average molecular weight is 342 g/mol. The van der Waals surface area contributed by atoms with Crippen LogP contribution in [0.4, 0.5) is 0 Å². The fraction of sp³-hybridized carbons (Fsp3) is 0.429. The molecule has 0 aliphatic carbocycles. The third kappa shape index (κ3) is 3.02. The molecule has 6 heteroatoms. The van der Waals surface area contributed by atoms with Crippen LogP contribution in [-0.2, 0) is 19.1 Å². The van der Waals surface area contributed by atoms with Crippen LogP contribution in [0.3, 0.4) is 0 Å². The Labute approximate surface area is 125 Å². The van der Waals surface area contributed by atoms with Crippen LogP contribution in [0.1, 0.15) is 18.0 Å². The smallest absolute Gasteiger partial charge is 0.322 e. The summed E-state index contributed by atoms with van der Waals surface area (Å²) in [4.78, 5) is 23.6. The highest BCUT2D eigenvalue weighted by Crippen LogP contribution is 2.34. The van der Waals surface area contributed by atoms with Crippen molar-refractivity contribution >= 4 is 27.9 Å². The zero-order valence-electron chi connectivity index (χ0n) is 11.3. The highest BCUT2D eigenvalue weighted by Gasteiger charge is 2.43. The number of hydrogen-bond donors (Lipinski definition) is 1. The van der Waals surface area contributed by atoms with E-state index in [0.29, 0.717) is 6.42 Å². The Morgan fingerprint density at radius 3 is 2.30 bits per heavy atom. The van der Waals surface area contributed by atoms with Gasteiger partial charge in [0.2, 0.25) is 0 Å². The fourth-order valence-electron chi connectivity index (χ4n) is 2.48. The Kier molecular flexibility index (Phi) is 4.77. The average Bonchev–Trinajstić information content (AvgIpc) is 2.91. The largest absolute Gasteiger partial charge is 0.469 e. The molecule has 1 aliphatic heterocycles. The number of rotatable bonds is 3. The minimum absolute atomic E-state index is 0.250. The van der Waals surface area contributed by atoms with Crippen LogP contribution in [0.25, 0.3) is 0 Å². The molecule has 1 aliphatic rings. The van der Waals surface area contributed by atoms with Crippen molar-refractivity contribution in [3.8, 4) is 0 Å². The third-order valence-corrected chi connectivity index (χ3v) is 4.02. The van der Waals surface area contributed by atoms with E-state index in [9.17, 15) is 9.59 Å². The molecular weight excluding hydrogens is 326 g/mol. The quantitative estimate of drug-likeness (QED) is 0.849. The number of nitrogens with one attached hydrogen (secondary N) is 1. The van der Waals surface area contributed by atoms with Crippen LogP contribution in [0.2, 0.25) is 0 Å². The molecule has 5 nitrogen and oxygen atoms in total. The van der Waals surface area contributed by atoms with Gasteiger partial charge < -0.3 is 9.47 Å². The van der Waals surface area contributed by atoms with Crippen LogP contribution in [-0.4, -0.2) is 32.2 Å². The first kappa shape index (κ1) is 15.0. The lowest BCUT2D eigenvalue weighted by molar-refractivity contribution is -0.146. The van der Waals surface area contributed by atoms with Crippen molar-refractivity contribution in [2.24, 2.45) is 5.92 Å². The number of esters is 2. The molecule has 0 unspecified atom stereocenters. The van der Waals surface area contributed by atoms with E-state index in [0.717, 1.165) is 10.0 Å². The molecule has 2 rings (SSSR count). The molecule has 0 amide bonds. The molecular formula is C14H16BrNO4. The van der Waals surface area contributed by atoms with Crippen molar-refractivity contribution in [1.82, 2.24) is 5.32 Å². The lowest BCUT2D eigenvalue weighted by atomic mass is 9.93. The van der Waals surface area contributed by atoms with Crippen LogP contribution in [0, 0.1) is 5.92 Å². The highest BCUT2D eigenvalue weighted by atomic mass is 79.9. The molecule has 108 valence electrons. The summed E-state index contributed by atoms with van der Waals surface area (Å²) in [6.07, 6.45) is 0.375. The standard InChI is InChI=1S/C14H16BrNO4/c1-19-13(17)10-7-11(14(18)20-2)16-12(10)8-3-5-9(15)6-4-8/h3-6,10-12,16H,7H2,1-2H3/t10-,11-,12-/m0/s1. The van der Waals surface area contributed by atoms with Crippen LogP contribution < -0.4 is 5.32 Å². The molecule has 0 bridgehead atoms. The van der Waals surface area contributed by atoms with Gasteiger partial charge in [0, 0.05) is 10.5 Å². The maximum atomic E-state index is 11.9. The van der Waals surface area contributed by atoms with Gasteiger partial charge in [-0.1, -0.05) is 28.1 Å². The summed E-state index contributed by atoms with van der Waals surface area (Å²) < 4.78 is 10.5. The Hall–Kier alpha value is -1.40. The van der Waals surface area contributed by atoms with Crippen molar-refractivity contribution in [3.63, 3.8) is 0 Å². The van der Waals surface area contributed by atoms with Gasteiger partial charge >= 0.3 is 11.9 Å². The van der Waals surface area contributed by atoms with Crippen molar-refractivity contribution in [3.05, 3.63) is 34.3 Å². The zero-order valence-corrected chi connectivity index (χ0v) is 12.8. The second-order valence-electron chi connectivity index (χ2n) is 4.64. The summed E-state index contributed by atoms with van der Waals surface area (Å²) in [5.74, 6) is -1.08. The van der Waals surface area contributed by atoms with Gasteiger partial charge in [-0.2, -0.15) is 0 Å². The molecule has 3 atom stereocenters. The summed E-state index contributed by atoms with van der Waals surface area (Å²) >= 11 is 3.37. The van der Waals surface area contributed by atoms with E-state index in [2.05, 4.69) is 21.2 Å². The predicted octanol–water partition coefficient (Wildman–Crippen LogP) is 1.81. The van der Waals surface area contributed by atoms with E-state index in [1.165, 1.54) is 14.2 Å². The van der Waals surface area contributed by atoms with E-state index in [-0.39, 0.29) is 18.0 Å². The van der Waals surface area contributed by atoms with Crippen LogP contribution >= 0.6 is 15.9 Å². The molecule has 1 fully saturated rings. The zero-order chi connectivity index (χ0) is 14.7. The summed E-state index contributed by atoms with van der Waals surface area (Å²) in [7, 11) is 2.69. The number of benzene rings is 1. The first-order chi connectivity index (χ1) is 9.56. The molecule has 0 spiro atoms. The van der Waals surface area contributed by atoms with Crippen molar-refractivity contribution in [2.45, 2.75) is 18.5 Å². The summed E-state index contributed by atoms with van der Waals surface area (Å²) in [5.41, 5.74) is 0.940. The topological polar surface area (TPSA) is 64.6 Å². The fourth-order valence-corrected chi connectivity index (χ4v) is 2.74. The Morgan fingerprint density at radius 1 is 1.15 bits per heavy atom. The van der Waals surface area contributed by atoms with E-state index in [4.69, 9.17) is 9.47 Å². The number of carbonyl (C=O) groups is 2. The van der Waals surface area contributed by atoms with Crippen LogP contribution in [0.5, 0.6) is 0 Å². The number of halogens is 1. The second-order valence-corrected chi connectivity index (χ2v) is 5.55. The van der Waals surface area contributed by atoms with Gasteiger partial charge in [0.1, 0.15) is 6.04 Å². The van der Waals surface area contributed by atoms with E-state index >= 15 is 0 Å².